The molecule has 5 aromatic rings. The van der Waals surface area contributed by atoms with Crippen molar-refractivity contribution in [1.82, 2.24) is 15.3 Å². The van der Waals surface area contributed by atoms with Gasteiger partial charge in [-0.15, -0.1) is 0 Å². The highest BCUT2D eigenvalue weighted by atomic mass is 35.5. The number of amides is 1. The van der Waals surface area contributed by atoms with Crippen LogP contribution < -0.4 is 11.1 Å². The molecule has 38 heavy (non-hydrogen) atoms. The fourth-order valence-corrected chi connectivity index (χ4v) is 4.79. The van der Waals surface area contributed by atoms with Gasteiger partial charge in [0.1, 0.15) is 11.6 Å². The Balaban J connectivity index is 1.49. The molecule has 0 saturated carbocycles. The molecule has 1 atom stereocenters. The highest BCUT2D eigenvalue weighted by Crippen LogP contribution is 2.30. The molecule has 0 radical (unpaired) electrons. The van der Waals surface area contributed by atoms with Crippen molar-refractivity contribution in [2.45, 2.75) is 25.4 Å². The number of hydrogen-bond donors (Lipinski definition) is 3. The second kappa shape index (κ2) is 11.1. The SMILES string of the molecule is NCc1ccc2[nH]cc(CC(=O)N[C@@H](Cc3cc(F)cc(F)c3)c3ncccc3-c3ccc(Cl)cc3)c2c1. The average molecular weight is 531 g/mol. The minimum absolute atomic E-state index is 0.102. The number of nitrogens with zero attached hydrogens (tertiary/aromatic N) is 1. The van der Waals surface area contributed by atoms with Crippen LogP contribution in [0, 0.1) is 11.6 Å². The van der Waals surface area contributed by atoms with Crippen LogP contribution in [-0.4, -0.2) is 15.9 Å². The normalized spacial score (nSPS) is 12.0. The summed E-state index contributed by atoms with van der Waals surface area (Å²) in [6, 6.07) is 19.5. The van der Waals surface area contributed by atoms with Gasteiger partial charge in [-0.05, 0) is 71.1 Å². The molecule has 5 nitrogen and oxygen atoms in total. The number of carbonyl (C=O) groups excluding carboxylic acids is 1. The Hall–Kier alpha value is -4.07. The molecule has 0 bridgehead atoms. The fourth-order valence-electron chi connectivity index (χ4n) is 4.67. The summed E-state index contributed by atoms with van der Waals surface area (Å²) >= 11 is 6.08. The zero-order valence-electron chi connectivity index (χ0n) is 20.3. The molecule has 3 aromatic carbocycles. The number of benzene rings is 3. The third-order valence-electron chi connectivity index (χ3n) is 6.44. The molecule has 5 rings (SSSR count). The van der Waals surface area contributed by atoms with Crippen molar-refractivity contribution in [1.29, 1.82) is 0 Å². The summed E-state index contributed by atoms with van der Waals surface area (Å²) in [5.41, 5.74) is 11.1. The Labute approximate surface area is 223 Å². The predicted octanol–water partition coefficient (Wildman–Crippen LogP) is 6.26. The van der Waals surface area contributed by atoms with E-state index in [-0.39, 0.29) is 18.7 Å². The number of aromatic nitrogens is 2. The van der Waals surface area contributed by atoms with Crippen LogP contribution in [0.4, 0.5) is 8.78 Å². The van der Waals surface area contributed by atoms with Crippen LogP contribution in [0.25, 0.3) is 22.0 Å². The topological polar surface area (TPSA) is 83.8 Å². The van der Waals surface area contributed by atoms with Crippen LogP contribution in [0.5, 0.6) is 0 Å². The second-order valence-electron chi connectivity index (χ2n) is 9.12. The van der Waals surface area contributed by atoms with E-state index < -0.39 is 17.7 Å². The number of fused-ring (bicyclic) bond motifs is 1. The molecule has 0 aliphatic heterocycles. The molecule has 0 saturated heterocycles. The number of H-pyrrole nitrogens is 1. The van der Waals surface area contributed by atoms with Gasteiger partial charge in [-0.3, -0.25) is 9.78 Å². The standard InChI is InChI=1S/C30H25ClF2N4O/c31-22-6-4-20(5-7-22)25-2-1-9-35-30(25)28(13-19-10-23(32)15-24(33)11-19)37-29(38)14-21-17-36-27-8-3-18(16-34)12-26(21)27/h1-12,15,17,28,36H,13-14,16,34H2,(H,37,38)/t28-/m0/s1. The van der Waals surface area contributed by atoms with Crippen LogP contribution in [0.15, 0.2) is 85.2 Å². The summed E-state index contributed by atoms with van der Waals surface area (Å²) in [6.45, 7) is 0.395. The number of hydrogen-bond acceptors (Lipinski definition) is 3. The van der Waals surface area contributed by atoms with Gasteiger partial charge < -0.3 is 16.0 Å². The first-order valence-corrected chi connectivity index (χ1v) is 12.5. The third-order valence-corrected chi connectivity index (χ3v) is 6.69. The zero-order chi connectivity index (χ0) is 26.6. The number of rotatable bonds is 8. The van der Waals surface area contributed by atoms with Gasteiger partial charge in [0, 0.05) is 46.5 Å². The summed E-state index contributed by atoms with van der Waals surface area (Å²) in [5.74, 6) is -1.62. The van der Waals surface area contributed by atoms with E-state index in [2.05, 4.69) is 15.3 Å². The first-order valence-electron chi connectivity index (χ1n) is 12.1. The van der Waals surface area contributed by atoms with Gasteiger partial charge >= 0.3 is 0 Å². The lowest BCUT2D eigenvalue weighted by Gasteiger charge is -2.22. The molecule has 0 unspecified atom stereocenters. The van der Waals surface area contributed by atoms with E-state index in [0.717, 1.165) is 39.2 Å². The largest absolute Gasteiger partial charge is 0.361 e. The van der Waals surface area contributed by atoms with Crippen molar-refractivity contribution < 1.29 is 13.6 Å². The quantitative estimate of drug-likeness (QED) is 0.221. The van der Waals surface area contributed by atoms with E-state index in [1.165, 1.54) is 12.1 Å². The van der Waals surface area contributed by atoms with Gasteiger partial charge in [-0.1, -0.05) is 35.9 Å². The number of nitrogens with two attached hydrogens (primary N) is 1. The molecule has 0 aliphatic rings. The van der Waals surface area contributed by atoms with E-state index in [1.807, 2.05) is 36.4 Å². The van der Waals surface area contributed by atoms with E-state index >= 15 is 0 Å². The molecule has 8 heteroatoms. The highest BCUT2D eigenvalue weighted by molar-refractivity contribution is 6.30. The lowest BCUT2D eigenvalue weighted by atomic mass is 9.95. The number of nitrogens with one attached hydrogen (secondary N) is 2. The van der Waals surface area contributed by atoms with Crippen LogP contribution in [-0.2, 0) is 24.2 Å². The Kier molecular flexibility index (Phi) is 7.49. The number of carbonyl (C=O) groups is 1. The third kappa shape index (κ3) is 5.74. The van der Waals surface area contributed by atoms with Gasteiger partial charge in [-0.2, -0.15) is 0 Å². The highest BCUT2D eigenvalue weighted by Gasteiger charge is 2.22. The van der Waals surface area contributed by atoms with E-state index in [1.54, 1.807) is 30.6 Å². The maximum atomic E-state index is 14.0. The van der Waals surface area contributed by atoms with Crippen LogP contribution in [0.2, 0.25) is 5.02 Å². The van der Waals surface area contributed by atoms with Crippen LogP contribution >= 0.6 is 11.6 Å². The maximum Gasteiger partial charge on any atom is 0.225 e. The fraction of sp³-hybridized carbons (Fsp3) is 0.133. The van der Waals surface area contributed by atoms with Crippen molar-refractivity contribution in [3.05, 3.63) is 124 Å². The van der Waals surface area contributed by atoms with Gasteiger partial charge in [0.15, 0.2) is 0 Å². The number of pyridine rings is 1. The Bertz CT molecular complexity index is 1580. The first kappa shape index (κ1) is 25.6. The molecular formula is C30H25ClF2N4O. The van der Waals surface area contributed by atoms with Crippen LogP contribution in [0.3, 0.4) is 0 Å². The van der Waals surface area contributed by atoms with E-state index in [4.69, 9.17) is 17.3 Å². The molecule has 0 fully saturated rings. The molecule has 192 valence electrons. The minimum Gasteiger partial charge on any atom is -0.361 e. The Morgan fingerprint density at radius 2 is 1.76 bits per heavy atom. The summed E-state index contributed by atoms with van der Waals surface area (Å²) < 4.78 is 28.0. The van der Waals surface area contributed by atoms with Gasteiger partial charge in [-0.25, -0.2) is 8.78 Å². The molecule has 2 aromatic heterocycles. The van der Waals surface area contributed by atoms with Crippen molar-refractivity contribution in [3.8, 4) is 11.1 Å². The van der Waals surface area contributed by atoms with Crippen molar-refractivity contribution in [3.63, 3.8) is 0 Å². The number of aromatic amines is 1. The maximum absolute atomic E-state index is 14.0. The van der Waals surface area contributed by atoms with Gasteiger partial charge in [0.05, 0.1) is 18.2 Å². The van der Waals surface area contributed by atoms with Gasteiger partial charge in [0.2, 0.25) is 5.91 Å². The Morgan fingerprint density at radius 3 is 2.50 bits per heavy atom. The minimum atomic E-state index is -0.682. The summed E-state index contributed by atoms with van der Waals surface area (Å²) in [7, 11) is 0. The molecule has 0 spiro atoms. The monoisotopic (exact) mass is 530 g/mol. The summed E-state index contributed by atoms with van der Waals surface area (Å²) in [6.07, 6.45) is 3.68. The van der Waals surface area contributed by atoms with Crippen LogP contribution in [0.1, 0.15) is 28.4 Å². The Morgan fingerprint density at radius 1 is 1.00 bits per heavy atom. The van der Waals surface area contributed by atoms with Crippen molar-refractivity contribution >= 4 is 28.4 Å². The smallest absolute Gasteiger partial charge is 0.225 e. The van der Waals surface area contributed by atoms with E-state index in [0.29, 0.717) is 22.8 Å². The molecule has 2 heterocycles. The lowest BCUT2D eigenvalue weighted by molar-refractivity contribution is -0.121. The van der Waals surface area contributed by atoms with Crippen molar-refractivity contribution in [2.24, 2.45) is 5.73 Å². The molecule has 4 N–H and O–H groups in total. The van der Waals surface area contributed by atoms with E-state index in [9.17, 15) is 13.6 Å². The molecule has 0 aliphatic carbocycles. The second-order valence-corrected chi connectivity index (χ2v) is 9.56. The van der Waals surface area contributed by atoms with Gasteiger partial charge in [0.25, 0.3) is 0 Å². The lowest BCUT2D eigenvalue weighted by Crippen LogP contribution is -2.32. The predicted molar refractivity (Wildman–Crippen MR) is 146 cm³/mol. The first-order chi connectivity index (χ1) is 18.4. The van der Waals surface area contributed by atoms with Crippen molar-refractivity contribution in [2.75, 3.05) is 0 Å². The number of halogens is 3. The molecular weight excluding hydrogens is 506 g/mol. The average Bonchev–Trinajstić information content (AvgIpc) is 3.29. The zero-order valence-corrected chi connectivity index (χ0v) is 21.1. The summed E-state index contributed by atoms with van der Waals surface area (Å²) in [4.78, 5) is 21.1. The molecule has 1 amide bonds. The summed E-state index contributed by atoms with van der Waals surface area (Å²) in [5, 5.41) is 4.58.